The number of aromatic nitrogens is 4. The molecule has 0 aliphatic heterocycles. The molecule has 0 aliphatic rings. The molecule has 204 valence electrons. The summed E-state index contributed by atoms with van der Waals surface area (Å²) in [4.78, 5) is 37.7. The molecule has 0 fully saturated rings. The molecule has 0 aliphatic carbocycles. The van der Waals surface area contributed by atoms with Gasteiger partial charge in [0, 0.05) is 31.0 Å². The third-order valence-corrected chi connectivity index (χ3v) is 6.04. The highest BCUT2D eigenvalue weighted by atomic mass is 19.4. The Bertz CT molecular complexity index is 1760. The minimum atomic E-state index is -4.74. The van der Waals surface area contributed by atoms with Gasteiger partial charge in [0.15, 0.2) is 17.3 Å². The van der Waals surface area contributed by atoms with E-state index < -0.39 is 29.3 Å². The number of fused-ring (bicyclic) bond motifs is 1. The van der Waals surface area contributed by atoms with Crippen molar-refractivity contribution < 1.29 is 26.7 Å². The minimum Gasteiger partial charge on any atom is -0.365 e. The number of H-pyrrole nitrogens is 2. The number of hydrogen-bond acceptors (Lipinski definition) is 5. The van der Waals surface area contributed by atoms with Gasteiger partial charge in [0.05, 0.1) is 16.6 Å². The van der Waals surface area contributed by atoms with Crippen molar-refractivity contribution in [1.82, 2.24) is 25.3 Å². The minimum absolute atomic E-state index is 0.0967. The maximum Gasteiger partial charge on any atom is 0.417 e. The highest BCUT2D eigenvalue weighted by Crippen LogP contribution is 2.31. The van der Waals surface area contributed by atoms with Gasteiger partial charge in [-0.05, 0) is 41.0 Å². The van der Waals surface area contributed by atoms with Crippen LogP contribution < -0.4 is 16.3 Å². The fourth-order valence-electron chi connectivity index (χ4n) is 4.02. The maximum absolute atomic E-state index is 13.5. The summed E-state index contributed by atoms with van der Waals surface area (Å²) in [5, 5.41) is 5.30. The van der Waals surface area contributed by atoms with Gasteiger partial charge in [0.1, 0.15) is 5.82 Å². The number of imidazole rings is 1. The number of aromatic amines is 2. The van der Waals surface area contributed by atoms with Crippen LogP contribution in [0, 0.1) is 11.6 Å². The van der Waals surface area contributed by atoms with E-state index in [-0.39, 0.29) is 35.7 Å². The normalized spacial score (nSPS) is 11.5. The number of carbonyl (C=O) groups is 1. The number of hydrogen-bond donors (Lipinski definition) is 4. The molecule has 0 unspecified atom stereocenters. The summed E-state index contributed by atoms with van der Waals surface area (Å²) in [6, 6.07) is 12.6. The first kappa shape index (κ1) is 26.5. The van der Waals surface area contributed by atoms with Crippen LogP contribution in [-0.4, -0.2) is 25.8 Å². The number of pyridine rings is 2. The zero-order valence-electron chi connectivity index (χ0n) is 20.4. The molecule has 3 aromatic heterocycles. The molecule has 13 heteroatoms. The predicted molar refractivity (Wildman–Crippen MR) is 136 cm³/mol. The topological polar surface area (TPSA) is 116 Å². The number of amides is 1. The maximum atomic E-state index is 13.5. The van der Waals surface area contributed by atoms with Crippen molar-refractivity contribution in [3.8, 4) is 11.1 Å². The SMILES string of the molecule is O=C(NCc1ccc(F)c(F)c1)c1cc(C(F)(F)F)cnc1NCc1ccc(-c2ccnc3[nH]c(=O)[nH]c23)cc1. The number of nitrogens with zero attached hydrogens (tertiary/aromatic N) is 2. The van der Waals surface area contributed by atoms with E-state index in [1.165, 1.54) is 6.07 Å². The average molecular weight is 554 g/mol. The monoisotopic (exact) mass is 554 g/mol. The van der Waals surface area contributed by atoms with E-state index in [1.54, 1.807) is 36.5 Å². The van der Waals surface area contributed by atoms with Crippen molar-refractivity contribution in [1.29, 1.82) is 0 Å². The van der Waals surface area contributed by atoms with Crippen molar-refractivity contribution in [2.24, 2.45) is 0 Å². The number of benzene rings is 2. The van der Waals surface area contributed by atoms with Gasteiger partial charge in [-0.25, -0.2) is 23.5 Å². The predicted octanol–water partition coefficient (Wildman–Crippen LogP) is 5.15. The zero-order valence-corrected chi connectivity index (χ0v) is 20.4. The molecule has 5 rings (SSSR count). The number of nitrogens with one attached hydrogen (secondary N) is 4. The van der Waals surface area contributed by atoms with Crippen LogP contribution in [0.4, 0.5) is 27.8 Å². The van der Waals surface area contributed by atoms with Crippen LogP contribution in [0.3, 0.4) is 0 Å². The van der Waals surface area contributed by atoms with Crippen molar-refractivity contribution in [3.05, 3.63) is 111 Å². The van der Waals surface area contributed by atoms with Crippen molar-refractivity contribution in [2.45, 2.75) is 19.3 Å². The summed E-state index contributed by atoms with van der Waals surface area (Å²) in [5.74, 6) is -3.16. The Morgan fingerprint density at radius 2 is 1.62 bits per heavy atom. The Morgan fingerprint density at radius 1 is 0.875 bits per heavy atom. The third kappa shape index (κ3) is 5.67. The third-order valence-electron chi connectivity index (χ3n) is 6.04. The molecular formula is C27H19F5N6O2. The second kappa shape index (κ2) is 10.6. The number of anilines is 1. The quantitative estimate of drug-likeness (QED) is 0.208. The lowest BCUT2D eigenvalue weighted by atomic mass is 10.0. The van der Waals surface area contributed by atoms with Crippen molar-refractivity contribution in [3.63, 3.8) is 0 Å². The highest BCUT2D eigenvalue weighted by Gasteiger charge is 2.32. The second-order valence-corrected chi connectivity index (χ2v) is 8.76. The van der Waals surface area contributed by atoms with Gasteiger partial charge >= 0.3 is 11.9 Å². The Hall–Kier alpha value is -5.07. The van der Waals surface area contributed by atoms with E-state index >= 15 is 0 Å². The summed E-state index contributed by atoms with van der Waals surface area (Å²) in [7, 11) is 0. The average Bonchev–Trinajstić information content (AvgIpc) is 3.32. The number of halogens is 5. The first-order valence-corrected chi connectivity index (χ1v) is 11.8. The molecule has 8 nitrogen and oxygen atoms in total. The van der Waals surface area contributed by atoms with Crippen molar-refractivity contribution in [2.75, 3.05) is 5.32 Å². The molecule has 0 saturated heterocycles. The van der Waals surface area contributed by atoms with Crippen LogP contribution in [0.1, 0.15) is 27.0 Å². The van der Waals surface area contributed by atoms with Crippen LogP contribution in [0.2, 0.25) is 0 Å². The molecule has 4 N–H and O–H groups in total. The first-order chi connectivity index (χ1) is 19.1. The Balaban J connectivity index is 1.34. The van der Waals surface area contributed by atoms with Gasteiger partial charge in [0.25, 0.3) is 5.91 Å². The molecular weight excluding hydrogens is 535 g/mol. The molecule has 40 heavy (non-hydrogen) atoms. The second-order valence-electron chi connectivity index (χ2n) is 8.76. The van der Waals surface area contributed by atoms with Gasteiger partial charge in [-0.1, -0.05) is 30.3 Å². The van der Waals surface area contributed by atoms with Gasteiger partial charge in [-0.2, -0.15) is 13.2 Å². The van der Waals surface area contributed by atoms with E-state index in [4.69, 9.17) is 0 Å². The lowest BCUT2D eigenvalue weighted by molar-refractivity contribution is -0.137. The highest BCUT2D eigenvalue weighted by molar-refractivity contribution is 5.99. The lowest BCUT2D eigenvalue weighted by Crippen LogP contribution is -2.25. The first-order valence-electron chi connectivity index (χ1n) is 11.8. The van der Waals surface area contributed by atoms with Crippen LogP contribution in [-0.2, 0) is 19.3 Å². The van der Waals surface area contributed by atoms with Gasteiger partial charge in [0.2, 0.25) is 0 Å². The lowest BCUT2D eigenvalue weighted by Gasteiger charge is -2.15. The van der Waals surface area contributed by atoms with Gasteiger partial charge in [-0.15, -0.1) is 0 Å². The summed E-state index contributed by atoms with van der Waals surface area (Å²) in [6.07, 6.45) is -2.56. The number of alkyl halides is 3. The number of carbonyl (C=O) groups excluding carboxylic acids is 1. The molecule has 0 atom stereocenters. The van der Waals surface area contributed by atoms with E-state index in [0.717, 1.165) is 28.8 Å². The smallest absolute Gasteiger partial charge is 0.365 e. The van der Waals surface area contributed by atoms with Crippen LogP contribution in [0.25, 0.3) is 22.3 Å². The standard InChI is InChI=1S/C27H19F5N6O2/c28-20-6-3-15(9-21(20)29)12-36-25(39)19-10-17(27(30,31)32)13-35-23(19)34-11-14-1-4-16(5-2-14)18-7-8-33-24-22(18)37-26(40)38-24/h1-10,13H,11-12H2,(H,34,35)(H,36,39)(H2,33,37,38,40). The summed E-state index contributed by atoms with van der Waals surface area (Å²) in [6.45, 7) is -0.128. The van der Waals surface area contributed by atoms with E-state index in [9.17, 15) is 31.5 Å². The molecule has 0 radical (unpaired) electrons. The van der Waals surface area contributed by atoms with Gasteiger partial charge in [-0.3, -0.25) is 9.78 Å². The van der Waals surface area contributed by atoms with E-state index in [0.29, 0.717) is 23.4 Å². The zero-order chi connectivity index (χ0) is 28.4. The molecule has 3 heterocycles. The Kier molecular flexibility index (Phi) is 7.03. The molecule has 5 aromatic rings. The molecule has 0 spiro atoms. The van der Waals surface area contributed by atoms with Gasteiger partial charge < -0.3 is 15.6 Å². The summed E-state index contributed by atoms with van der Waals surface area (Å²) >= 11 is 0. The fraction of sp³-hybridized carbons (Fsp3) is 0.111. The largest absolute Gasteiger partial charge is 0.417 e. The summed E-state index contributed by atoms with van der Waals surface area (Å²) < 4.78 is 66.6. The molecule has 2 aromatic carbocycles. The Labute approximate surface area is 222 Å². The van der Waals surface area contributed by atoms with Crippen LogP contribution in [0.15, 0.2) is 71.8 Å². The van der Waals surface area contributed by atoms with Crippen LogP contribution in [0.5, 0.6) is 0 Å². The molecule has 0 bridgehead atoms. The molecule has 0 saturated carbocycles. The number of rotatable bonds is 7. The summed E-state index contributed by atoms with van der Waals surface area (Å²) in [5.41, 5.74) is 1.57. The fourth-order valence-corrected chi connectivity index (χ4v) is 4.02. The molecule has 1 amide bonds. The van der Waals surface area contributed by atoms with E-state index in [1.807, 2.05) is 0 Å². The van der Waals surface area contributed by atoms with E-state index in [2.05, 4.69) is 30.6 Å². The van der Waals surface area contributed by atoms with Crippen LogP contribution >= 0.6 is 0 Å². The Morgan fingerprint density at radius 3 is 2.35 bits per heavy atom. The van der Waals surface area contributed by atoms with Crippen molar-refractivity contribution >= 4 is 22.9 Å².